The lowest BCUT2D eigenvalue weighted by atomic mass is 9.98. The van der Waals surface area contributed by atoms with Crippen molar-refractivity contribution in [1.29, 1.82) is 0 Å². The second-order valence-corrected chi connectivity index (χ2v) is 10.6. The van der Waals surface area contributed by atoms with Gasteiger partial charge in [0.25, 0.3) is 0 Å². The van der Waals surface area contributed by atoms with E-state index in [9.17, 15) is 23.9 Å². The van der Waals surface area contributed by atoms with Crippen LogP contribution in [0.4, 0.5) is 20.6 Å². The highest BCUT2D eigenvalue weighted by atomic mass is 19.1. The Labute approximate surface area is 243 Å². The molecule has 3 aromatic carbocycles. The molecular weight excluding hydrogens is 541 g/mol. The molecule has 0 radical (unpaired) electrons. The molecule has 9 nitrogen and oxygen atoms in total. The van der Waals surface area contributed by atoms with Crippen molar-refractivity contribution < 1.29 is 33.4 Å². The number of halogens is 1. The Bertz CT molecular complexity index is 1440. The quantitative estimate of drug-likeness (QED) is 0.330. The monoisotopic (exact) mass is 575 g/mol. The molecule has 1 unspecified atom stereocenters. The molecule has 1 heterocycles. The maximum atomic E-state index is 13.7. The highest BCUT2D eigenvalue weighted by Crippen LogP contribution is 2.37. The van der Waals surface area contributed by atoms with Gasteiger partial charge in [0, 0.05) is 25.6 Å². The zero-order valence-corrected chi connectivity index (χ0v) is 23.4. The molecule has 0 aromatic heterocycles. The third kappa shape index (κ3) is 7.06. The second kappa shape index (κ2) is 13.0. The van der Waals surface area contributed by atoms with Gasteiger partial charge in [-0.1, -0.05) is 36.4 Å². The van der Waals surface area contributed by atoms with Crippen LogP contribution in [0, 0.1) is 11.7 Å². The zero-order chi connectivity index (χ0) is 29.6. The molecule has 2 aliphatic rings. The number of hydrogen-bond acceptors (Lipinski definition) is 6. The number of carboxylic acids is 1. The van der Waals surface area contributed by atoms with E-state index in [1.807, 2.05) is 42.5 Å². The van der Waals surface area contributed by atoms with Crippen LogP contribution in [0.2, 0.25) is 0 Å². The van der Waals surface area contributed by atoms with E-state index in [1.165, 1.54) is 19.2 Å². The van der Waals surface area contributed by atoms with Crippen molar-refractivity contribution in [1.82, 2.24) is 4.90 Å². The van der Waals surface area contributed by atoms with Crippen molar-refractivity contribution in [3.63, 3.8) is 0 Å². The Morgan fingerprint density at radius 1 is 1.05 bits per heavy atom. The number of benzene rings is 3. The SMILES string of the molecule is COC(=O)Nc1cc(-c2cccc(CN(C(=O)C3CC3)C(CC(=O)O)c3ccc(F)cc3)c2)ccc1N1CCOCC1. The summed E-state index contributed by atoms with van der Waals surface area (Å²) in [4.78, 5) is 41.3. The van der Waals surface area contributed by atoms with Gasteiger partial charge < -0.3 is 24.4 Å². The molecule has 2 amide bonds. The van der Waals surface area contributed by atoms with Gasteiger partial charge in [-0.2, -0.15) is 0 Å². The van der Waals surface area contributed by atoms with Gasteiger partial charge in [-0.15, -0.1) is 0 Å². The van der Waals surface area contributed by atoms with E-state index in [1.54, 1.807) is 17.0 Å². The number of carbonyl (C=O) groups is 3. The molecular formula is C32H34FN3O6. The first-order valence-corrected chi connectivity index (χ1v) is 14.0. The van der Waals surface area contributed by atoms with Crippen LogP contribution >= 0.6 is 0 Å². The van der Waals surface area contributed by atoms with Gasteiger partial charge in [0.2, 0.25) is 5.91 Å². The highest BCUT2D eigenvalue weighted by molar-refractivity contribution is 5.91. The summed E-state index contributed by atoms with van der Waals surface area (Å²) in [5, 5.41) is 12.5. The van der Waals surface area contributed by atoms with Gasteiger partial charge in [0.1, 0.15) is 5.82 Å². The number of aliphatic carboxylic acids is 1. The molecule has 10 heteroatoms. The van der Waals surface area contributed by atoms with E-state index in [4.69, 9.17) is 9.47 Å². The molecule has 0 bridgehead atoms. The lowest BCUT2D eigenvalue weighted by molar-refractivity contribution is -0.142. The van der Waals surface area contributed by atoms with Gasteiger partial charge in [0.15, 0.2) is 0 Å². The fraction of sp³-hybridized carbons (Fsp3) is 0.344. The Morgan fingerprint density at radius 2 is 1.76 bits per heavy atom. The van der Waals surface area contributed by atoms with E-state index in [-0.39, 0.29) is 24.8 Å². The summed E-state index contributed by atoms with van der Waals surface area (Å²) in [5.74, 6) is -1.71. The van der Waals surface area contributed by atoms with E-state index in [2.05, 4.69) is 10.2 Å². The minimum absolute atomic E-state index is 0.101. The van der Waals surface area contributed by atoms with Gasteiger partial charge in [-0.25, -0.2) is 9.18 Å². The first-order chi connectivity index (χ1) is 20.3. The van der Waals surface area contributed by atoms with Crippen LogP contribution in [0.3, 0.4) is 0 Å². The van der Waals surface area contributed by atoms with Crippen molar-refractivity contribution in [2.45, 2.75) is 31.8 Å². The number of ether oxygens (including phenoxy) is 2. The number of morpholine rings is 1. The van der Waals surface area contributed by atoms with Crippen LogP contribution in [0.25, 0.3) is 11.1 Å². The molecule has 1 atom stereocenters. The molecule has 2 fully saturated rings. The number of nitrogens with zero attached hydrogens (tertiary/aromatic N) is 2. The van der Waals surface area contributed by atoms with E-state index < -0.39 is 23.9 Å². The lowest BCUT2D eigenvalue weighted by Crippen LogP contribution is -2.36. The first-order valence-electron chi connectivity index (χ1n) is 14.0. The Balaban J connectivity index is 1.46. The van der Waals surface area contributed by atoms with Crippen LogP contribution in [-0.2, 0) is 25.6 Å². The summed E-state index contributed by atoms with van der Waals surface area (Å²) in [6.07, 6.45) is 0.665. The second-order valence-electron chi connectivity index (χ2n) is 10.6. The number of carboxylic acid groups (broad SMARTS) is 1. The summed E-state index contributed by atoms with van der Waals surface area (Å²) in [6.45, 7) is 2.77. The topological polar surface area (TPSA) is 108 Å². The van der Waals surface area contributed by atoms with Crippen molar-refractivity contribution in [3.8, 4) is 11.1 Å². The zero-order valence-electron chi connectivity index (χ0n) is 23.4. The summed E-state index contributed by atoms with van der Waals surface area (Å²) >= 11 is 0. The van der Waals surface area contributed by atoms with Gasteiger partial charge in [-0.3, -0.25) is 14.9 Å². The normalized spacial score (nSPS) is 15.5. The minimum Gasteiger partial charge on any atom is -0.481 e. The predicted octanol–water partition coefficient (Wildman–Crippen LogP) is 5.46. The third-order valence-corrected chi connectivity index (χ3v) is 7.59. The number of anilines is 2. The third-order valence-electron chi connectivity index (χ3n) is 7.59. The van der Waals surface area contributed by atoms with Crippen molar-refractivity contribution >= 4 is 29.3 Å². The predicted molar refractivity (Wildman–Crippen MR) is 156 cm³/mol. The fourth-order valence-electron chi connectivity index (χ4n) is 5.27. The van der Waals surface area contributed by atoms with Gasteiger partial charge in [0.05, 0.1) is 44.2 Å². The minimum atomic E-state index is -1.04. The molecule has 220 valence electrons. The number of hydrogen-bond donors (Lipinski definition) is 2. The Hall–Kier alpha value is -4.44. The lowest BCUT2D eigenvalue weighted by Gasteiger charge is -2.32. The van der Waals surface area contributed by atoms with Crippen LogP contribution in [0.1, 0.15) is 36.4 Å². The van der Waals surface area contributed by atoms with E-state index in [0.717, 1.165) is 35.2 Å². The smallest absolute Gasteiger partial charge is 0.411 e. The number of nitrogens with one attached hydrogen (secondary N) is 1. The summed E-state index contributed by atoms with van der Waals surface area (Å²) in [7, 11) is 1.31. The molecule has 0 spiro atoms. The van der Waals surface area contributed by atoms with Crippen LogP contribution in [-0.4, -0.2) is 61.4 Å². The molecule has 1 aliphatic heterocycles. The van der Waals surface area contributed by atoms with Gasteiger partial charge in [-0.05, 0) is 65.4 Å². The largest absolute Gasteiger partial charge is 0.481 e. The average Bonchev–Trinajstić information content (AvgIpc) is 3.85. The average molecular weight is 576 g/mol. The number of carbonyl (C=O) groups excluding carboxylic acids is 2. The van der Waals surface area contributed by atoms with Crippen LogP contribution < -0.4 is 10.2 Å². The molecule has 5 rings (SSSR count). The number of methoxy groups -OCH3 is 1. The van der Waals surface area contributed by atoms with Crippen molar-refractivity contribution in [3.05, 3.63) is 83.7 Å². The van der Waals surface area contributed by atoms with E-state index in [0.29, 0.717) is 37.6 Å². The molecule has 1 saturated heterocycles. The summed E-state index contributed by atoms with van der Waals surface area (Å²) < 4.78 is 24.0. The highest BCUT2D eigenvalue weighted by Gasteiger charge is 2.37. The molecule has 2 N–H and O–H groups in total. The molecule has 42 heavy (non-hydrogen) atoms. The fourth-order valence-corrected chi connectivity index (χ4v) is 5.27. The number of rotatable bonds is 10. The number of amides is 2. The standard InChI is InChI=1S/C32H34FN3O6/c1-41-32(40)34-27-18-25(9-12-28(27)35-13-15-42-16-14-35)24-4-2-3-21(17-24)20-36(31(39)23-5-6-23)29(19-30(37)38)22-7-10-26(33)11-8-22/h2-4,7-12,17-18,23,29H,5-6,13-16,19-20H2,1H3,(H,34,40)(H,37,38). The maximum absolute atomic E-state index is 13.7. The molecule has 3 aromatic rings. The summed E-state index contributed by atoms with van der Waals surface area (Å²) in [5.41, 5.74) is 4.57. The maximum Gasteiger partial charge on any atom is 0.411 e. The molecule has 1 saturated carbocycles. The van der Waals surface area contributed by atoms with E-state index >= 15 is 0 Å². The summed E-state index contributed by atoms with van der Waals surface area (Å²) in [6, 6.07) is 18.4. The molecule has 1 aliphatic carbocycles. The van der Waals surface area contributed by atoms with Gasteiger partial charge >= 0.3 is 12.1 Å². The van der Waals surface area contributed by atoms with Crippen LogP contribution in [0.5, 0.6) is 0 Å². The van der Waals surface area contributed by atoms with Crippen LogP contribution in [0.15, 0.2) is 66.7 Å². The van der Waals surface area contributed by atoms with Crippen molar-refractivity contribution in [2.75, 3.05) is 43.6 Å². The Morgan fingerprint density at radius 3 is 2.43 bits per heavy atom. The Kier molecular flexibility index (Phi) is 9.02. The van der Waals surface area contributed by atoms with Crippen molar-refractivity contribution in [2.24, 2.45) is 5.92 Å². The first kappa shape index (κ1) is 29.1.